The molecule has 4 nitrogen and oxygen atoms in total. The fraction of sp³-hybridized carbons (Fsp3) is 0.176. The second kappa shape index (κ2) is 7.75. The molecule has 2 rings (SSSR count). The summed E-state index contributed by atoms with van der Waals surface area (Å²) in [7, 11) is 1.21. The lowest BCUT2D eigenvalue weighted by Crippen LogP contribution is -2.38. The molecule has 0 aromatic heterocycles. The average Bonchev–Trinajstić information content (AvgIpc) is 2.56. The van der Waals surface area contributed by atoms with Crippen LogP contribution in [0.15, 0.2) is 59.1 Å². The number of hydrogen-bond donors (Lipinski definition) is 0. The van der Waals surface area contributed by atoms with Crippen LogP contribution in [0, 0.1) is 0 Å². The third-order valence-electron chi connectivity index (χ3n) is 3.21. The lowest BCUT2D eigenvalue weighted by Gasteiger charge is -2.21. The monoisotopic (exact) mass is 361 g/mol. The third-order valence-corrected chi connectivity index (χ3v) is 3.74. The van der Waals surface area contributed by atoms with Crippen LogP contribution in [0.4, 0.5) is 5.69 Å². The van der Waals surface area contributed by atoms with Crippen molar-refractivity contribution in [2.24, 2.45) is 0 Å². The minimum absolute atomic E-state index is 0.402. The number of hydrogen-bond acceptors (Lipinski definition) is 3. The molecule has 1 amide bonds. The van der Waals surface area contributed by atoms with Gasteiger partial charge >= 0.3 is 11.9 Å². The van der Waals surface area contributed by atoms with E-state index in [0.717, 1.165) is 10.0 Å². The predicted molar refractivity (Wildman–Crippen MR) is 88.7 cm³/mol. The molecule has 0 saturated carbocycles. The summed E-state index contributed by atoms with van der Waals surface area (Å²) >= 11 is 3.35. The molecular formula is C17H16BrNO3. The number of esters is 1. The van der Waals surface area contributed by atoms with Gasteiger partial charge in [0.15, 0.2) is 0 Å². The van der Waals surface area contributed by atoms with Gasteiger partial charge in [-0.3, -0.25) is 4.79 Å². The Hall–Kier alpha value is -2.14. The number of ether oxygens (including phenoxy) is 1. The van der Waals surface area contributed by atoms with E-state index < -0.39 is 11.9 Å². The highest BCUT2D eigenvalue weighted by Crippen LogP contribution is 2.19. The number of rotatable bonds is 4. The van der Waals surface area contributed by atoms with Gasteiger partial charge in [-0.2, -0.15) is 0 Å². The zero-order valence-corrected chi connectivity index (χ0v) is 13.7. The summed E-state index contributed by atoms with van der Waals surface area (Å²) in [6, 6.07) is 17.0. The van der Waals surface area contributed by atoms with E-state index in [1.165, 1.54) is 12.0 Å². The van der Waals surface area contributed by atoms with E-state index in [1.54, 1.807) is 12.1 Å². The molecule has 0 aliphatic heterocycles. The van der Waals surface area contributed by atoms with Gasteiger partial charge in [-0.1, -0.05) is 46.3 Å². The zero-order chi connectivity index (χ0) is 15.9. The summed E-state index contributed by atoms with van der Waals surface area (Å²) in [6.45, 7) is 0.402. The number of benzene rings is 2. The Labute approximate surface area is 137 Å². The average molecular weight is 362 g/mol. The number of carbonyl (C=O) groups is 2. The number of nitrogens with zero attached hydrogens (tertiary/aromatic N) is 1. The van der Waals surface area contributed by atoms with E-state index in [2.05, 4.69) is 20.7 Å². The summed E-state index contributed by atoms with van der Waals surface area (Å²) in [6.07, 6.45) is 0.652. The van der Waals surface area contributed by atoms with E-state index in [9.17, 15) is 9.59 Å². The molecule has 0 aliphatic rings. The first kappa shape index (κ1) is 16.2. The molecule has 0 heterocycles. The van der Waals surface area contributed by atoms with Gasteiger partial charge in [-0.05, 0) is 36.2 Å². The van der Waals surface area contributed by atoms with Gasteiger partial charge < -0.3 is 9.64 Å². The third kappa shape index (κ3) is 4.18. The summed E-state index contributed by atoms with van der Waals surface area (Å²) < 4.78 is 5.46. The van der Waals surface area contributed by atoms with Crippen molar-refractivity contribution >= 4 is 33.5 Å². The molecule has 114 valence electrons. The van der Waals surface area contributed by atoms with Crippen LogP contribution in [0.2, 0.25) is 0 Å². The van der Waals surface area contributed by atoms with Crippen LogP contribution in [0.25, 0.3) is 0 Å². The Balaban J connectivity index is 2.19. The normalized spacial score (nSPS) is 10.1. The molecule has 2 aromatic rings. The molecule has 0 bridgehead atoms. The van der Waals surface area contributed by atoms with Gasteiger partial charge in [0, 0.05) is 16.7 Å². The highest BCUT2D eigenvalue weighted by atomic mass is 79.9. The number of methoxy groups -OCH3 is 1. The largest absolute Gasteiger partial charge is 0.462 e. The standard InChI is InChI=1S/C17H16BrNO3/c1-22-17(21)16(20)19(15-9-7-14(18)8-10-15)12-11-13-5-3-2-4-6-13/h2-10H,11-12H2,1H3. The molecule has 0 spiro atoms. The van der Waals surface area contributed by atoms with Gasteiger partial charge in [0.25, 0.3) is 0 Å². The van der Waals surface area contributed by atoms with E-state index >= 15 is 0 Å². The van der Waals surface area contributed by atoms with E-state index in [4.69, 9.17) is 0 Å². The molecular weight excluding hydrogens is 346 g/mol. The highest BCUT2D eigenvalue weighted by molar-refractivity contribution is 9.10. The Kier molecular flexibility index (Phi) is 5.72. The maximum absolute atomic E-state index is 12.2. The van der Waals surface area contributed by atoms with Crippen molar-refractivity contribution in [1.82, 2.24) is 0 Å². The van der Waals surface area contributed by atoms with E-state index in [-0.39, 0.29) is 0 Å². The molecule has 0 radical (unpaired) electrons. The van der Waals surface area contributed by atoms with Crippen molar-refractivity contribution in [3.05, 3.63) is 64.6 Å². The summed E-state index contributed by atoms with van der Waals surface area (Å²) in [5, 5.41) is 0. The summed E-state index contributed by atoms with van der Waals surface area (Å²) in [5.41, 5.74) is 1.76. The Bertz CT molecular complexity index is 641. The van der Waals surface area contributed by atoms with Crippen molar-refractivity contribution in [3.8, 4) is 0 Å². The summed E-state index contributed by atoms with van der Waals surface area (Å²) in [5.74, 6) is -1.53. The topological polar surface area (TPSA) is 46.6 Å². The summed E-state index contributed by atoms with van der Waals surface area (Å²) in [4.78, 5) is 25.2. The molecule has 5 heteroatoms. The molecule has 0 saturated heterocycles. The van der Waals surface area contributed by atoms with Gasteiger partial charge in [-0.25, -0.2) is 4.79 Å². The van der Waals surface area contributed by atoms with Crippen LogP contribution in [0.1, 0.15) is 5.56 Å². The van der Waals surface area contributed by atoms with Crippen molar-refractivity contribution in [1.29, 1.82) is 0 Å². The second-order valence-electron chi connectivity index (χ2n) is 4.66. The van der Waals surface area contributed by atoms with E-state index in [0.29, 0.717) is 18.7 Å². The van der Waals surface area contributed by atoms with Crippen molar-refractivity contribution in [2.45, 2.75) is 6.42 Å². The first-order chi connectivity index (χ1) is 10.6. The zero-order valence-electron chi connectivity index (χ0n) is 12.2. The van der Waals surface area contributed by atoms with Gasteiger partial charge in [0.2, 0.25) is 0 Å². The van der Waals surface area contributed by atoms with Crippen molar-refractivity contribution in [2.75, 3.05) is 18.6 Å². The SMILES string of the molecule is COC(=O)C(=O)N(CCc1ccccc1)c1ccc(Br)cc1. The predicted octanol–water partition coefficient (Wildman–Crippen LogP) is 3.20. The highest BCUT2D eigenvalue weighted by Gasteiger charge is 2.23. The molecule has 2 aromatic carbocycles. The van der Waals surface area contributed by atoms with Crippen LogP contribution >= 0.6 is 15.9 Å². The molecule has 0 N–H and O–H groups in total. The van der Waals surface area contributed by atoms with Crippen LogP contribution in [0.3, 0.4) is 0 Å². The molecule has 22 heavy (non-hydrogen) atoms. The van der Waals surface area contributed by atoms with Gasteiger partial charge in [0.05, 0.1) is 7.11 Å². The fourth-order valence-electron chi connectivity index (χ4n) is 2.05. The molecule has 0 unspecified atom stereocenters. The van der Waals surface area contributed by atoms with E-state index in [1.807, 2.05) is 42.5 Å². The molecule has 0 aliphatic carbocycles. The van der Waals surface area contributed by atoms with Crippen LogP contribution in [-0.4, -0.2) is 25.5 Å². The first-order valence-electron chi connectivity index (χ1n) is 6.81. The number of halogens is 1. The second-order valence-corrected chi connectivity index (χ2v) is 5.58. The fourth-order valence-corrected chi connectivity index (χ4v) is 2.32. The Morgan fingerprint density at radius 3 is 2.27 bits per heavy atom. The maximum Gasteiger partial charge on any atom is 0.397 e. The lowest BCUT2D eigenvalue weighted by atomic mass is 10.1. The first-order valence-corrected chi connectivity index (χ1v) is 7.60. The van der Waals surface area contributed by atoms with Crippen LogP contribution in [0.5, 0.6) is 0 Å². The Morgan fingerprint density at radius 2 is 1.68 bits per heavy atom. The Morgan fingerprint density at radius 1 is 1.05 bits per heavy atom. The minimum Gasteiger partial charge on any atom is -0.462 e. The maximum atomic E-state index is 12.2. The van der Waals surface area contributed by atoms with Crippen molar-refractivity contribution in [3.63, 3.8) is 0 Å². The smallest absolute Gasteiger partial charge is 0.397 e. The minimum atomic E-state index is -0.865. The lowest BCUT2D eigenvalue weighted by molar-refractivity contribution is -0.151. The quantitative estimate of drug-likeness (QED) is 0.620. The number of anilines is 1. The van der Waals surface area contributed by atoms with Gasteiger partial charge in [0.1, 0.15) is 0 Å². The van der Waals surface area contributed by atoms with Crippen LogP contribution in [-0.2, 0) is 20.7 Å². The molecule has 0 fully saturated rings. The van der Waals surface area contributed by atoms with Crippen molar-refractivity contribution < 1.29 is 14.3 Å². The molecule has 0 atom stereocenters. The van der Waals surface area contributed by atoms with Crippen LogP contribution < -0.4 is 4.90 Å². The number of carbonyl (C=O) groups excluding carboxylic acids is 2. The number of amides is 1. The van der Waals surface area contributed by atoms with Gasteiger partial charge in [-0.15, -0.1) is 0 Å².